The predicted molar refractivity (Wildman–Crippen MR) is 77.4 cm³/mol. The van der Waals surface area contributed by atoms with Crippen LogP contribution in [-0.4, -0.2) is 30.1 Å². The van der Waals surface area contributed by atoms with E-state index < -0.39 is 0 Å². The molecule has 4 nitrogen and oxygen atoms in total. The Balaban J connectivity index is 2.52. The fourth-order valence-electron chi connectivity index (χ4n) is 2.11. The second-order valence-corrected chi connectivity index (χ2v) is 4.73. The molecule has 1 heterocycles. The molecule has 0 bridgehead atoms. The van der Waals surface area contributed by atoms with Gasteiger partial charge in [0.15, 0.2) is 5.11 Å². The first-order chi connectivity index (χ1) is 9.06. The summed E-state index contributed by atoms with van der Waals surface area (Å²) in [5.41, 5.74) is 2.38. The number of nitrogens with zero attached hydrogens (tertiary/aromatic N) is 1. The van der Waals surface area contributed by atoms with Crippen LogP contribution in [0.15, 0.2) is 41.6 Å². The molecule has 0 spiro atoms. The Kier molecular flexibility index (Phi) is 3.85. The van der Waals surface area contributed by atoms with E-state index in [9.17, 15) is 4.79 Å². The normalized spacial score (nSPS) is 19.2. The minimum Gasteiger partial charge on any atom is -0.466 e. The van der Waals surface area contributed by atoms with E-state index in [0.29, 0.717) is 10.7 Å². The van der Waals surface area contributed by atoms with Gasteiger partial charge in [-0.15, -0.1) is 0 Å². The van der Waals surface area contributed by atoms with E-state index in [1.807, 2.05) is 44.3 Å². The third kappa shape index (κ3) is 2.46. The summed E-state index contributed by atoms with van der Waals surface area (Å²) in [5.74, 6) is -0.340. The Morgan fingerprint density at radius 1 is 1.37 bits per heavy atom. The first-order valence-corrected chi connectivity index (χ1v) is 6.35. The fraction of sp³-hybridized carbons (Fsp3) is 0.286. The number of benzene rings is 1. The summed E-state index contributed by atoms with van der Waals surface area (Å²) in [6.07, 6.45) is 0. The van der Waals surface area contributed by atoms with Crippen molar-refractivity contribution >= 4 is 23.3 Å². The molecule has 0 aromatic heterocycles. The van der Waals surface area contributed by atoms with E-state index in [1.54, 1.807) is 4.90 Å². The van der Waals surface area contributed by atoms with Crippen LogP contribution in [0.5, 0.6) is 0 Å². The molecule has 0 unspecified atom stereocenters. The first-order valence-electron chi connectivity index (χ1n) is 5.94. The highest BCUT2D eigenvalue weighted by atomic mass is 32.1. The second-order valence-electron chi connectivity index (χ2n) is 4.34. The van der Waals surface area contributed by atoms with Gasteiger partial charge in [-0.25, -0.2) is 4.79 Å². The van der Waals surface area contributed by atoms with Crippen molar-refractivity contribution in [2.45, 2.75) is 13.0 Å². The zero-order valence-corrected chi connectivity index (χ0v) is 12.0. The summed E-state index contributed by atoms with van der Waals surface area (Å²) in [4.78, 5) is 13.8. The summed E-state index contributed by atoms with van der Waals surface area (Å²) in [7, 11) is 3.21. The minimum atomic E-state index is -0.340. The van der Waals surface area contributed by atoms with Gasteiger partial charge in [0.25, 0.3) is 0 Å². The lowest BCUT2D eigenvalue weighted by Gasteiger charge is -2.35. The maximum Gasteiger partial charge on any atom is 0.337 e. The number of carbonyl (C=O) groups excluding carboxylic acids is 1. The van der Waals surface area contributed by atoms with Crippen LogP contribution in [0.2, 0.25) is 0 Å². The van der Waals surface area contributed by atoms with Crippen LogP contribution >= 0.6 is 12.2 Å². The van der Waals surface area contributed by atoms with E-state index in [-0.39, 0.29) is 12.0 Å². The van der Waals surface area contributed by atoms with Crippen LogP contribution in [-0.2, 0) is 9.53 Å². The molecule has 1 N–H and O–H groups in total. The van der Waals surface area contributed by atoms with Gasteiger partial charge >= 0.3 is 5.97 Å². The third-order valence-electron chi connectivity index (χ3n) is 3.29. The van der Waals surface area contributed by atoms with Gasteiger partial charge < -0.3 is 15.0 Å². The van der Waals surface area contributed by atoms with Gasteiger partial charge in [0.05, 0.1) is 18.7 Å². The first kappa shape index (κ1) is 13.5. The summed E-state index contributed by atoms with van der Waals surface area (Å²) in [5, 5.41) is 3.77. The number of carbonyl (C=O) groups is 1. The number of hydrogen-bond acceptors (Lipinski definition) is 3. The average Bonchev–Trinajstić information content (AvgIpc) is 2.44. The molecule has 2 rings (SSSR count). The van der Waals surface area contributed by atoms with Crippen molar-refractivity contribution in [1.29, 1.82) is 0 Å². The lowest BCUT2D eigenvalue weighted by atomic mass is 9.95. The second kappa shape index (κ2) is 5.40. The largest absolute Gasteiger partial charge is 0.466 e. The fourth-order valence-corrected chi connectivity index (χ4v) is 2.36. The van der Waals surface area contributed by atoms with Gasteiger partial charge in [-0.1, -0.05) is 30.3 Å². The molecule has 0 radical (unpaired) electrons. The Morgan fingerprint density at radius 3 is 2.58 bits per heavy atom. The predicted octanol–water partition coefficient (Wildman–Crippen LogP) is 1.99. The molecule has 1 aromatic carbocycles. The molecule has 0 amide bonds. The molecular weight excluding hydrogens is 260 g/mol. The maximum atomic E-state index is 12.0. The van der Waals surface area contributed by atoms with Crippen LogP contribution in [0.3, 0.4) is 0 Å². The Morgan fingerprint density at radius 2 is 2.00 bits per heavy atom. The lowest BCUT2D eigenvalue weighted by molar-refractivity contribution is -0.136. The van der Waals surface area contributed by atoms with Gasteiger partial charge in [0.2, 0.25) is 0 Å². The number of rotatable bonds is 2. The van der Waals surface area contributed by atoms with Crippen molar-refractivity contribution in [1.82, 2.24) is 10.2 Å². The molecule has 1 aromatic rings. The molecular formula is C14H16N2O2S. The Labute approximate surface area is 118 Å². The summed E-state index contributed by atoms with van der Waals surface area (Å²) in [6.45, 7) is 1.87. The molecule has 19 heavy (non-hydrogen) atoms. The Hall–Kier alpha value is -1.88. The number of nitrogens with one attached hydrogen (secondary N) is 1. The van der Waals surface area contributed by atoms with E-state index in [0.717, 1.165) is 11.3 Å². The molecule has 1 atom stereocenters. The maximum absolute atomic E-state index is 12.0. The molecule has 1 aliphatic heterocycles. The van der Waals surface area contributed by atoms with Gasteiger partial charge in [-0.3, -0.25) is 0 Å². The molecule has 0 saturated heterocycles. The Bertz CT molecular complexity index is 540. The molecule has 0 aliphatic carbocycles. The van der Waals surface area contributed by atoms with Crippen LogP contribution in [0.4, 0.5) is 0 Å². The van der Waals surface area contributed by atoms with Crippen LogP contribution in [0, 0.1) is 0 Å². The lowest BCUT2D eigenvalue weighted by Crippen LogP contribution is -2.46. The van der Waals surface area contributed by atoms with E-state index >= 15 is 0 Å². The highest BCUT2D eigenvalue weighted by Gasteiger charge is 2.32. The monoisotopic (exact) mass is 276 g/mol. The highest BCUT2D eigenvalue weighted by molar-refractivity contribution is 7.80. The zero-order chi connectivity index (χ0) is 14.0. The van der Waals surface area contributed by atoms with Crippen molar-refractivity contribution in [2.24, 2.45) is 0 Å². The SMILES string of the molecule is COC(=O)C1=C(C)N(C)C(=S)N[C@@H]1c1ccccc1. The highest BCUT2D eigenvalue weighted by Crippen LogP contribution is 2.30. The van der Waals surface area contributed by atoms with Crippen LogP contribution in [0.1, 0.15) is 18.5 Å². The average molecular weight is 276 g/mol. The minimum absolute atomic E-state index is 0.266. The molecule has 0 fully saturated rings. The van der Waals surface area contributed by atoms with Crippen LogP contribution < -0.4 is 5.32 Å². The molecule has 5 heteroatoms. The van der Waals surface area contributed by atoms with Gasteiger partial charge in [-0.2, -0.15) is 0 Å². The van der Waals surface area contributed by atoms with Crippen molar-refractivity contribution in [3.63, 3.8) is 0 Å². The standard InChI is InChI=1S/C14H16N2O2S/c1-9-11(13(17)18-3)12(15-14(19)16(9)2)10-7-5-4-6-8-10/h4-8,12H,1-3H3,(H,15,19)/t12-/m1/s1. The van der Waals surface area contributed by atoms with Crippen molar-refractivity contribution in [3.05, 3.63) is 47.2 Å². The summed E-state index contributed by atoms with van der Waals surface area (Å²) in [6, 6.07) is 9.46. The number of methoxy groups -OCH3 is 1. The van der Waals surface area contributed by atoms with E-state index in [4.69, 9.17) is 17.0 Å². The summed E-state index contributed by atoms with van der Waals surface area (Å²) < 4.78 is 4.89. The van der Waals surface area contributed by atoms with Crippen molar-refractivity contribution < 1.29 is 9.53 Å². The molecule has 100 valence electrons. The number of allylic oxidation sites excluding steroid dienone is 1. The van der Waals surface area contributed by atoms with Crippen LogP contribution in [0.25, 0.3) is 0 Å². The van der Waals surface area contributed by atoms with Gasteiger partial charge in [0.1, 0.15) is 0 Å². The van der Waals surface area contributed by atoms with Crippen molar-refractivity contribution in [2.75, 3.05) is 14.2 Å². The number of hydrogen-bond donors (Lipinski definition) is 1. The third-order valence-corrected chi connectivity index (χ3v) is 3.68. The number of ether oxygens (including phenoxy) is 1. The van der Waals surface area contributed by atoms with E-state index in [2.05, 4.69) is 5.32 Å². The number of thiocarbonyl (C=S) groups is 1. The quantitative estimate of drug-likeness (QED) is 0.661. The molecule has 0 saturated carbocycles. The topological polar surface area (TPSA) is 41.6 Å². The smallest absolute Gasteiger partial charge is 0.337 e. The van der Waals surface area contributed by atoms with Gasteiger partial charge in [0, 0.05) is 12.7 Å². The van der Waals surface area contributed by atoms with Gasteiger partial charge in [-0.05, 0) is 24.7 Å². The van der Waals surface area contributed by atoms with Crippen molar-refractivity contribution in [3.8, 4) is 0 Å². The summed E-state index contributed by atoms with van der Waals surface area (Å²) >= 11 is 5.29. The zero-order valence-electron chi connectivity index (χ0n) is 11.1. The molecule has 1 aliphatic rings. The van der Waals surface area contributed by atoms with E-state index in [1.165, 1.54) is 7.11 Å². The number of esters is 1.